The van der Waals surface area contributed by atoms with Gasteiger partial charge in [0.05, 0.1) is 16.1 Å². The van der Waals surface area contributed by atoms with E-state index in [0.717, 1.165) is 24.3 Å². The number of carbonyl (C=O) groups is 1. The molecule has 2 aromatic rings. The van der Waals surface area contributed by atoms with Gasteiger partial charge < -0.3 is 5.32 Å². The Morgan fingerprint density at radius 2 is 1.58 bits per heavy atom. The predicted molar refractivity (Wildman–Crippen MR) is 75.9 cm³/mol. The van der Waals surface area contributed by atoms with Crippen LogP contribution in [0, 0.1) is 0 Å². The average molecular weight is 368 g/mol. The van der Waals surface area contributed by atoms with Crippen molar-refractivity contribution in [2.45, 2.75) is 12.4 Å². The molecule has 128 valence electrons. The van der Waals surface area contributed by atoms with E-state index in [1.807, 2.05) is 0 Å². The maximum Gasteiger partial charge on any atom is 0.417 e. The van der Waals surface area contributed by atoms with Crippen molar-refractivity contribution in [1.82, 2.24) is 0 Å². The summed E-state index contributed by atoms with van der Waals surface area (Å²) < 4.78 is 75.6. The number of rotatable bonds is 2. The SMILES string of the molecule is O=C(Nc1cccc(C(F)(F)F)c1)c1ccc(C(F)(F)F)c(Cl)c1. The number of amides is 1. The van der Waals surface area contributed by atoms with Gasteiger partial charge in [0.2, 0.25) is 0 Å². The van der Waals surface area contributed by atoms with E-state index in [9.17, 15) is 31.1 Å². The van der Waals surface area contributed by atoms with Crippen LogP contribution in [0.4, 0.5) is 32.0 Å². The van der Waals surface area contributed by atoms with Crippen LogP contribution in [-0.4, -0.2) is 5.91 Å². The third kappa shape index (κ3) is 4.19. The first-order valence-corrected chi connectivity index (χ1v) is 6.71. The first kappa shape index (κ1) is 18.1. The van der Waals surface area contributed by atoms with Crippen LogP contribution in [0.25, 0.3) is 0 Å². The minimum Gasteiger partial charge on any atom is -0.322 e. The Morgan fingerprint density at radius 3 is 2.12 bits per heavy atom. The first-order valence-electron chi connectivity index (χ1n) is 6.34. The van der Waals surface area contributed by atoms with Crippen LogP contribution in [0.2, 0.25) is 5.02 Å². The van der Waals surface area contributed by atoms with E-state index in [1.54, 1.807) is 0 Å². The van der Waals surface area contributed by atoms with Gasteiger partial charge in [-0.2, -0.15) is 26.3 Å². The number of hydrogen-bond donors (Lipinski definition) is 1. The highest BCUT2D eigenvalue weighted by atomic mass is 35.5. The molecule has 24 heavy (non-hydrogen) atoms. The topological polar surface area (TPSA) is 29.1 Å². The van der Waals surface area contributed by atoms with E-state index >= 15 is 0 Å². The summed E-state index contributed by atoms with van der Waals surface area (Å²) in [4.78, 5) is 12.0. The van der Waals surface area contributed by atoms with Crippen LogP contribution in [-0.2, 0) is 12.4 Å². The predicted octanol–water partition coefficient (Wildman–Crippen LogP) is 5.63. The molecule has 2 rings (SSSR count). The van der Waals surface area contributed by atoms with Gasteiger partial charge in [-0.1, -0.05) is 17.7 Å². The summed E-state index contributed by atoms with van der Waals surface area (Å²) in [6.45, 7) is 0. The molecular weight excluding hydrogens is 360 g/mol. The molecule has 0 unspecified atom stereocenters. The van der Waals surface area contributed by atoms with E-state index < -0.39 is 34.4 Å². The van der Waals surface area contributed by atoms with Crippen molar-refractivity contribution in [1.29, 1.82) is 0 Å². The Bertz CT molecular complexity index is 769. The second-order valence-corrected chi connectivity index (χ2v) is 5.13. The van der Waals surface area contributed by atoms with Crippen molar-refractivity contribution in [3.63, 3.8) is 0 Å². The summed E-state index contributed by atoms with van der Waals surface area (Å²) in [5.74, 6) is -0.884. The Kier molecular flexibility index (Phi) is 4.80. The maximum atomic E-state index is 12.6. The zero-order valence-electron chi connectivity index (χ0n) is 11.6. The molecular formula is C15H8ClF6NO. The number of anilines is 1. The van der Waals surface area contributed by atoms with Crippen molar-refractivity contribution < 1.29 is 31.1 Å². The Morgan fingerprint density at radius 1 is 0.917 bits per heavy atom. The number of benzene rings is 2. The van der Waals surface area contributed by atoms with E-state index in [4.69, 9.17) is 11.6 Å². The molecule has 0 saturated heterocycles. The average Bonchev–Trinajstić information content (AvgIpc) is 2.45. The molecule has 0 fully saturated rings. The second-order valence-electron chi connectivity index (χ2n) is 4.73. The van der Waals surface area contributed by atoms with E-state index in [0.29, 0.717) is 12.1 Å². The standard InChI is InChI=1S/C15H8ClF6NO/c16-12-6-8(4-5-11(12)15(20,21)22)13(24)23-10-3-1-2-9(7-10)14(17,18)19/h1-7H,(H,23,24). The molecule has 0 spiro atoms. The maximum absolute atomic E-state index is 12.6. The number of alkyl halides is 6. The lowest BCUT2D eigenvalue weighted by molar-refractivity contribution is -0.138. The normalized spacial score (nSPS) is 12.1. The zero-order chi connectivity index (χ0) is 18.1. The molecule has 0 saturated carbocycles. The van der Waals surface area contributed by atoms with Crippen molar-refractivity contribution in [3.8, 4) is 0 Å². The molecule has 2 aromatic carbocycles. The summed E-state index contributed by atoms with van der Waals surface area (Å²) in [5.41, 5.74) is -2.44. The van der Waals surface area contributed by atoms with Gasteiger partial charge in [0.1, 0.15) is 0 Å². The Balaban J connectivity index is 2.23. The molecule has 0 aliphatic heterocycles. The fourth-order valence-electron chi connectivity index (χ4n) is 1.86. The Hall–Kier alpha value is -2.22. The molecule has 9 heteroatoms. The fourth-order valence-corrected chi connectivity index (χ4v) is 2.15. The molecule has 2 nitrogen and oxygen atoms in total. The van der Waals surface area contributed by atoms with Crippen molar-refractivity contribution in [3.05, 3.63) is 64.2 Å². The Labute approximate surface area is 137 Å². The van der Waals surface area contributed by atoms with Crippen LogP contribution < -0.4 is 5.32 Å². The van der Waals surface area contributed by atoms with Gasteiger partial charge in [-0.15, -0.1) is 0 Å². The van der Waals surface area contributed by atoms with Gasteiger partial charge in [0, 0.05) is 11.3 Å². The highest BCUT2D eigenvalue weighted by Crippen LogP contribution is 2.35. The van der Waals surface area contributed by atoms with Gasteiger partial charge >= 0.3 is 12.4 Å². The minimum atomic E-state index is -4.67. The summed E-state index contributed by atoms with van der Waals surface area (Å²) in [6, 6.07) is 6.17. The number of carbonyl (C=O) groups excluding carboxylic acids is 1. The van der Waals surface area contributed by atoms with E-state index in [2.05, 4.69) is 5.32 Å². The van der Waals surface area contributed by atoms with Crippen LogP contribution in [0.15, 0.2) is 42.5 Å². The molecule has 0 atom stereocenters. The monoisotopic (exact) mass is 367 g/mol. The van der Waals surface area contributed by atoms with Crippen molar-refractivity contribution in [2.75, 3.05) is 5.32 Å². The fraction of sp³-hybridized carbons (Fsp3) is 0.133. The van der Waals surface area contributed by atoms with Crippen LogP contribution >= 0.6 is 11.6 Å². The van der Waals surface area contributed by atoms with E-state index in [-0.39, 0.29) is 11.3 Å². The van der Waals surface area contributed by atoms with Crippen LogP contribution in [0.3, 0.4) is 0 Å². The second kappa shape index (κ2) is 6.35. The third-order valence-corrected chi connectivity index (χ3v) is 3.30. The molecule has 0 bridgehead atoms. The number of halogens is 7. The van der Waals surface area contributed by atoms with Gasteiger partial charge in [-0.25, -0.2) is 0 Å². The van der Waals surface area contributed by atoms with Crippen molar-refractivity contribution >= 4 is 23.2 Å². The molecule has 0 aliphatic carbocycles. The summed E-state index contributed by atoms with van der Waals surface area (Å²) >= 11 is 5.50. The zero-order valence-corrected chi connectivity index (χ0v) is 12.4. The van der Waals surface area contributed by atoms with Gasteiger partial charge in [-0.3, -0.25) is 4.79 Å². The molecule has 0 aliphatic rings. The van der Waals surface area contributed by atoms with Crippen LogP contribution in [0.5, 0.6) is 0 Å². The van der Waals surface area contributed by atoms with Gasteiger partial charge in [0.25, 0.3) is 5.91 Å². The third-order valence-electron chi connectivity index (χ3n) is 2.98. The number of nitrogens with one attached hydrogen (secondary N) is 1. The molecule has 1 amide bonds. The van der Waals surface area contributed by atoms with E-state index in [1.165, 1.54) is 6.07 Å². The molecule has 0 radical (unpaired) electrons. The van der Waals surface area contributed by atoms with Gasteiger partial charge in [-0.05, 0) is 36.4 Å². The summed E-state index contributed by atoms with van der Waals surface area (Å²) in [6.07, 6.45) is -9.26. The lowest BCUT2D eigenvalue weighted by Gasteiger charge is -2.12. The lowest BCUT2D eigenvalue weighted by Crippen LogP contribution is -2.14. The quantitative estimate of drug-likeness (QED) is 0.685. The molecule has 0 heterocycles. The molecule has 1 N–H and O–H groups in total. The molecule has 0 aromatic heterocycles. The summed E-state index contributed by atoms with van der Waals surface area (Å²) in [7, 11) is 0. The highest BCUT2D eigenvalue weighted by molar-refractivity contribution is 6.32. The lowest BCUT2D eigenvalue weighted by atomic mass is 10.1. The van der Waals surface area contributed by atoms with Gasteiger partial charge in [0.15, 0.2) is 0 Å². The summed E-state index contributed by atoms with van der Waals surface area (Å²) in [5, 5.41) is 1.50. The van der Waals surface area contributed by atoms with Crippen molar-refractivity contribution in [2.24, 2.45) is 0 Å². The van der Waals surface area contributed by atoms with Crippen LogP contribution in [0.1, 0.15) is 21.5 Å². The smallest absolute Gasteiger partial charge is 0.322 e. The number of hydrogen-bond acceptors (Lipinski definition) is 1. The highest BCUT2D eigenvalue weighted by Gasteiger charge is 2.33. The first-order chi connectivity index (χ1) is 11.0. The largest absolute Gasteiger partial charge is 0.417 e. The minimum absolute atomic E-state index is 0.147.